The second-order valence-electron chi connectivity index (χ2n) is 6.41. The van der Waals surface area contributed by atoms with Crippen molar-refractivity contribution in [2.75, 3.05) is 51.1 Å². The van der Waals surface area contributed by atoms with Gasteiger partial charge in [-0.15, -0.1) is 0 Å². The average molecular weight is 385 g/mol. The van der Waals surface area contributed by atoms with E-state index in [1.165, 1.54) is 0 Å². The molecule has 8 heteroatoms. The van der Waals surface area contributed by atoms with E-state index in [9.17, 15) is 9.59 Å². The molecule has 136 valence electrons. The summed E-state index contributed by atoms with van der Waals surface area (Å²) in [6.45, 7) is 4.81. The molecule has 0 radical (unpaired) electrons. The number of likely N-dealkylation sites (tertiary alicyclic amines) is 1. The van der Waals surface area contributed by atoms with Gasteiger partial charge in [-0.3, -0.25) is 9.69 Å². The maximum atomic E-state index is 12.3. The second-order valence-corrected chi connectivity index (χ2v) is 7.22. The van der Waals surface area contributed by atoms with Gasteiger partial charge in [0.15, 0.2) is 0 Å². The number of hydrogen-bond donors (Lipinski definition) is 1. The molecule has 6 nitrogen and oxygen atoms in total. The number of nitrogens with one attached hydrogen (secondary N) is 1. The highest BCUT2D eigenvalue weighted by Crippen LogP contribution is 2.25. The van der Waals surface area contributed by atoms with Crippen LogP contribution in [0.4, 0.5) is 10.5 Å². The number of rotatable bonds is 3. The topological polar surface area (TPSA) is 55.9 Å². The van der Waals surface area contributed by atoms with Crippen molar-refractivity contribution in [3.63, 3.8) is 0 Å². The van der Waals surface area contributed by atoms with Crippen LogP contribution in [0.3, 0.4) is 0 Å². The van der Waals surface area contributed by atoms with Crippen molar-refractivity contribution in [2.24, 2.45) is 0 Å². The van der Waals surface area contributed by atoms with E-state index in [2.05, 4.69) is 10.2 Å². The zero-order chi connectivity index (χ0) is 17.8. The van der Waals surface area contributed by atoms with Crippen molar-refractivity contribution in [3.8, 4) is 0 Å². The van der Waals surface area contributed by atoms with E-state index in [1.54, 1.807) is 23.1 Å². The highest BCUT2D eigenvalue weighted by Gasteiger charge is 2.25. The largest absolute Gasteiger partial charge is 0.342 e. The maximum absolute atomic E-state index is 12.3. The van der Waals surface area contributed by atoms with Crippen LogP contribution < -0.4 is 5.32 Å². The van der Waals surface area contributed by atoms with Gasteiger partial charge in [0.25, 0.3) is 0 Å². The Bertz CT molecular complexity index is 642. The molecule has 0 saturated carbocycles. The van der Waals surface area contributed by atoms with Crippen LogP contribution >= 0.6 is 23.2 Å². The van der Waals surface area contributed by atoms with E-state index in [4.69, 9.17) is 23.2 Å². The van der Waals surface area contributed by atoms with Crippen molar-refractivity contribution in [2.45, 2.75) is 12.8 Å². The molecule has 0 atom stereocenters. The summed E-state index contributed by atoms with van der Waals surface area (Å²) >= 11 is 11.8. The molecule has 25 heavy (non-hydrogen) atoms. The fourth-order valence-electron chi connectivity index (χ4n) is 3.14. The lowest BCUT2D eigenvalue weighted by Crippen LogP contribution is -2.52. The number of halogens is 2. The fourth-order valence-corrected chi connectivity index (χ4v) is 3.44. The lowest BCUT2D eigenvalue weighted by Gasteiger charge is -2.35. The Morgan fingerprint density at radius 1 is 0.920 bits per heavy atom. The molecule has 2 saturated heterocycles. The summed E-state index contributed by atoms with van der Waals surface area (Å²) in [6.07, 6.45) is 2.21. The highest BCUT2D eigenvalue weighted by atomic mass is 35.5. The van der Waals surface area contributed by atoms with Gasteiger partial charge in [-0.2, -0.15) is 0 Å². The predicted molar refractivity (Wildman–Crippen MR) is 99.3 cm³/mol. The third-order valence-corrected chi connectivity index (χ3v) is 5.39. The van der Waals surface area contributed by atoms with E-state index in [0.29, 0.717) is 48.5 Å². The molecular weight excluding hydrogens is 363 g/mol. The molecule has 2 fully saturated rings. The summed E-state index contributed by atoms with van der Waals surface area (Å²) in [7, 11) is 0. The summed E-state index contributed by atoms with van der Waals surface area (Å²) in [4.78, 5) is 30.3. The van der Waals surface area contributed by atoms with Crippen LogP contribution in [0.25, 0.3) is 0 Å². The van der Waals surface area contributed by atoms with E-state index in [0.717, 1.165) is 25.9 Å². The lowest BCUT2D eigenvalue weighted by molar-refractivity contribution is -0.131. The van der Waals surface area contributed by atoms with Gasteiger partial charge in [-0.25, -0.2) is 4.79 Å². The van der Waals surface area contributed by atoms with Gasteiger partial charge in [-0.05, 0) is 31.0 Å². The average Bonchev–Trinajstić information content (AvgIpc) is 3.13. The first-order chi connectivity index (χ1) is 12.0. The molecule has 1 aromatic rings. The minimum Gasteiger partial charge on any atom is -0.342 e. The minimum atomic E-state index is -0.163. The van der Waals surface area contributed by atoms with E-state index >= 15 is 0 Å². The quantitative estimate of drug-likeness (QED) is 0.871. The predicted octanol–water partition coefficient (Wildman–Crippen LogP) is 2.77. The standard InChI is InChI=1S/C17H22Cl2N4O2/c18-14-4-3-13(11-15(14)19)20-17(25)23-9-7-21(8-10-23)12-16(24)22-5-1-2-6-22/h3-4,11H,1-2,5-10,12H2,(H,20,25). The third-order valence-electron chi connectivity index (χ3n) is 4.65. The summed E-state index contributed by atoms with van der Waals surface area (Å²) in [5.41, 5.74) is 0.617. The molecule has 0 bridgehead atoms. The fraction of sp³-hybridized carbons (Fsp3) is 0.529. The summed E-state index contributed by atoms with van der Waals surface area (Å²) in [5, 5.41) is 3.69. The van der Waals surface area contributed by atoms with Gasteiger partial charge < -0.3 is 15.1 Å². The minimum absolute atomic E-state index is 0.163. The SMILES string of the molecule is O=C(CN1CCN(C(=O)Nc2ccc(Cl)c(Cl)c2)CC1)N1CCCC1. The van der Waals surface area contributed by atoms with Crippen molar-refractivity contribution < 1.29 is 9.59 Å². The molecule has 1 N–H and O–H groups in total. The van der Waals surface area contributed by atoms with Crippen molar-refractivity contribution in [1.29, 1.82) is 0 Å². The Labute approximate surface area is 157 Å². The summed E-state index contributed by atoms with van der Waals surface area (Å²) in [5.74, 6) is 0.200. The molecule has 2 aliphatic heterocycles. The summed E-state index contributed by atoms with van der Waals surface area (Å²) in [6, 6.07) is 4.84. The number of anilines is 1. The van der Waals surface area contributed by atoms with Gasteiger partial charge in [0.1, 0.15) is 0 Å². The molecule has 3 amide bonds. The zero-order valence-electron chi connectivity index (χ0n) is 14.0. The van der Waals surface area contributed by atoms with Gasteiger partial charge in [-0.1, -0.05) is 23.2 Å². The first-order valence-corrected chi connectivity index (χ1v) is 9.29. The Hall–Kier alpha value is -1.50. The first-order valence-electron chi connectivity index (χ1n) is 8.54. The Morgan fingerprint density at radius 3 is 2.24 bits per heavy atom. The lowest BCUT2D eigenvalue weighted by atomic mass is 10.3. The number of hydrogen-bond acceptors (Lipinski definition) is 3. The zero-order valence-corrected chi connectivity index (χ0v) is 15.5. The Balaban J connectivity index is 1.45. The molecule has 0 aliphatic carbocycles. The van der Waals surface area contributed by atoms with Crippen molar-refractivity contribution in [3.05, 3.63) is 28.2 Å². The Kier molecular flexibility index (Phi) is 6.04. The van der Waals surface area contributed by atoms with Crippen molar-refractivity contribution >= 4 is 40.8 Å². The number of benzene rings is 1. The molecule has 0 aromatic heterocycles. The van der Waals surface area contributed by atoms with Crippen LogP contribution in [0.2, 0.25) is 10.0 Å². The van der Waals surface area contributed by atoms with Gasteiger partial charge >= 0.3 is 6.03 Å². The normalized spacial score (nSPS) is 18.5. The van der Waals surface area contributed by atoms with Crippen LogP contribution in [0.15, 0.2) is 18.2 Å². The van der Waals surface area contributed by atoms with Gasteiger partial charge in [0.05, 0.1) is 16.6 Å². The summed E-state index contributed by atoms with van der Waals surface area (Å²) < 4.78 is 0. The van der Waals surface area contributed by atoms with E-state index in [1.807, 2.05) is 4.90 Å². The van der Waals surface area contributed by atoms with E-state index < -0.39 is 0 Å². The number of urea groups is 1. The number of nitrogens with zero attached hydrogens (tertiary/aromatic N) is 3. The van der Waals surface area contributed by atoms with Crippen LogP contribution in [-0.4, -0.2) is 72.5 Å². The smallest absolute Gasteiger partial charge is 0.321 e. The third kappa shape index (κ3) is 4.77. The number of amides is 3. The molecule has 2 aliphatic rings. The molecule has 1 aromatic carbocycles. The van der Waals surface area contributed by atoms with Crippen LogP contribution in [0.5, 0.6) is 0 Å². The van der Waals surface area contributed by atoms with E-state index in [-0.39, 0.29) is 11.9 Å². The Morgan fingerprint density at radius 2 is 1.60 bits per heavy atom. The number of carbonyl (C=O) groups is 2. The maximum Gasteiger partial charge on any atom is 0.321 e. The number of piperazine rings is 1. The number of carbonyl (C=O) groups excluding carboxylic acids is 2. The molecule has 2 heterocycles. The molecule has 0 unspecified atom stereocenters. The van der Waals surface area contributed by atoms with Crippen molar-refractivity contribution in [1.82, 2.24) is 14.7 Å². The monoisotopic (exact) mass is 384 g/mol. The van der Waals surface area contributed by atoms with Gasteiger partial charge in [0.2, 0.25) is 5.91 Å². The van der Waals surface area contributed by atoms with Crippen LogP contribution in [0, 0.1) is 0 Å². The highest BCUT2D eigenvalue weighted by molar-refractivity contribution is 6.42. The second kappa shape index (κ2) is 8.25. The molecule has 3 rings (SSSR count). The first kappa shape index (κ1) is 18.3. The van der Waals surface area contributed by atoms with Crippen LogP contribution in [0.1, 0.15) is 12.8 Å². The molecular formula is C17H22Cl2N4O2. The molecule has 0 spiro atoms. The van der Waals surface area contributed by atoms with Gasteiger partial charge in [0, 0.05) is 45.0 Å². The van der Waals surface area contributed by atoms with Crippen LogP contribution in [-0.2, 0) is 4.79 Å².